The van der Waals surface area contributed by atoms with Crippen molar-refractivity contribution in [1.29, 1.82) is 0 Å². The second-order valence-corrected chi connectivity index (χ2v) is 12.8. The lowest BCUT2D eigenvalue weighted by Crippen LogP contribution is -2.39. The number of rotatable bonds is 7. The standard InChI is InChI=1S/C24H31N7O3S2/c1-29(2)18-11-16-6-7-19(32)17(16)12-20(18)35-24-28-21-22(25)26-14-27-23(21)31(24)10-8-15-5-4-9-30(13-15)36(3,33)34/h11-12,14-15H,4-10,13H2,1-3H3,(H2,25,26,27). The first kappa shape index (κ1) is 25.0. The van der Waals surface area contributed by atoms with Gasteiger partial charge in [0.2, 0.25) is 10.0 Å². The number of sulfonamides is 1. The van der Waals surface area contributed by atoms with Crippen LogP contribution in [0.4, 0.5) is 11.5 Å². The molecule has 0 radical (unpaired) electrons. The van der Waals surface area contributed by atoms with Crippen molar-refractivity contribution in [2.75, 3.05) is 44.1 Å². The number of imidazole rings is 1. The number of fused-ring (bicyclic) bond motifs is 2. The Morgan fingerprint density at radius 2 is 2.03 bits per heavy atom. The molecule has 1 unspecified atom stereocenters. The van der Waals surface area contributed by atoms with Crippen molar-refractivity contribution in [2.24, 2.45) is 5.92 Å². The minimum atomic E-state index is -3.20. The van der Waals surface area contributed by atoms with E-state index >= 15 is 0 Å². The Morgan fingerprint density at radius 1 is 1.22 bits per heavy atom. The highest BCUT2D eigenvalue weighted by Gasteiger charge is 2.27. The molecule has 1 aliphatic heterocycles. The van der Waals surface area contributed by atoms with Gasteiger partial charge in [0.25, 0.3) is 0 Å². The first-order valence-electron chi connectivity index (χ1n) is 12.1. The first-order chi connectivity index (χ1) is 17.1. The van der Waals surface area contributed by atoms with Gasteiger partial charge in [0.05, 0.1) is 11.9 Å². The summed E-state index contributed by atoms with van der Waals surface area (Å²) in [5, 5.41) is 0.724. The predicted octanol–water partition coefficient (Wildman–Crippen LogP) is 2.82. The maximum atomic E-state index is 12.5. The first-order valence-corrected chi connectivity index (χ1v) is 14.8. The molecule has 0 saturated carbocycles. The van der Waals surface area contributed by atoms with Gasteiger partial charge in [0.1, 0.15) is 6.33 Å². The minimum absolute atomic E-state index is 0.175. The molecular formula is C24H31N7O3S2. The molecule has 5 rings (SSSR count). The van der Waals surface area contributed by atoms with E-state index in [1.165, 1.54) is 24.3 Å². The van der Waals surface area contributed by atoms with E-state index in [-0.39, 0.29) is 11.7 Å². The van der Waals surface area contributed by atoms with Crippen LogP contribution < -0.4 is 10.6 Å². The number of ketones is 1. The largest absolute Gasteiger partial charge is 0.382 e. The van der Waals surface area contributed by atoms with E-state index in [0.29, 0.717) is 43.0 Å². The van der Waals surface area contributed by atoms with Crippen LogP contribution in [0.25, 0.3) is 11.2 Å². The summed E-state index contributed by atoms with van der Waals surface area (Å²) >= 11 is 1.49. The van der Waals surface area contributed by atoms with Crippen LogP contribution in [0, 0.1) is 5.92 Å². The fraction of sp³-hybridized carbons (Fsp3) is 0.500. The van der Waals surface area contributed by atoms with Crippen molar-refractivity contribution >= 4 is 50.2 Å². The quantitative estimate of drug-likeness (QED) is 0.491. The number of Topliss-reactive ketones (excluding diaryl/α,β-unsaturated/α-hetero) is 1. The molecule has 0 spiro atoms. The molecule has 1 atom stereocenters. The Kier molecular flexibility index (Phi) is 6.69. The van der Waals surface area contributed by atoms with E-state index in [1.807, 2.05) is 29.6 Å². The highest BCUT2D eigenvalue weighted by molar-refractivity contribution is 7.99. The molecular weight excluding hydrogens is 498 g/mol. The van der Waals surface area contributed by atoms with Gasteiger partial charge in [-0.25, -0.2) is 27.7 Å². The SMILES string of the molecule is CN(C)c1cc2c(cc1Sc1nc3c(N)ncnc3n1CCC1CCCN(S(C)(=O)=O)C1)C(=O)CC2. The van der Waals surface area contributed by atoms with Crippen LogP contribution in [0.2, 0.25) is 0 Å². The van der Waals surface area contributed by atoms with Crippen LogP contribution in [0.1, 0.15) is 41.6 Å². The topological polar surface area (TPSA) is 127 Å². The lowest BCUT2D eigenvalue weighted by atomic mass is 9.96. The van der Waals surface area contributed by atoms with Crippen LogP contribution in [-0.2, 0) is 23.0 Å². The summed E-state index contributed by atoms with van der Waals surface area (Å²) in [4.78, 5) is 28.8. The van der Waals surface area contributed by atoms with Crippen LogP contribution in [-0.4, -0.2) is 71.5 Å². The molecule has 3 heterocycles. The van der Waals surface area contributed by atoms with Gasteiger partial charge in [0.15, 0.2) is 27.9 Å². The van der Waals surface area contributed by atoms with Gasteiger partial charge in [0, 0.05) is 50.6 Å². The number of anilines is 2. The van der Waals surface area contributed by atoms with Crippen molar-refractivity contribution in [1.82, 2.24) is 23.8 Å². The number of carbonyl (C=O) groups is 1. The lowest BCUT2D eigenvalue weighted by molar-refractivity contribution is 0.0994. The summed E-state index contributed by atoms with van der Waals surface area (Å²) in [6.45, 7) is 1.74. The fourth-order valence-electron chi connectivity index (χ4n) is 5.08. The van der Waals surface area contributed by atoms with E-state index < -0.39 is 10.0 Å². The summed E-state index contributed by atoms with van der Waals surface area (Å²) in [5.41, 5.74) is 10.3. The van der Waals surface area contributed by atoms with E-state index in [0.717, 1.165) is 52.5 Å². The molecule has 12 heteroatoms. The number of aromatic nitrogens is 4. The summed E-state index contributed by atoms with van der Waals surface area (Å²) < 4.78 is 27.8. The summed E-state index contributed by atoms with van der Waals surface area (Å²) in [6.07, 6.45) is 6.67. The molecule has 2 aliphatic rings. The van der Waals surface area contributed by atoms with Crippen molar-refractivity contribution in [3.8, 4) is 0 Å². The van der Waals surface area contributed by atoms with E-state index in [1.54, 1.807) is 4.31 Å². The Labute approximate surface area is 215 Å². The van der Waals surface area contributed by atoms with Crippen LogP contribution >= 0.6 is 11.8 Å². The van der Waals surface area contributed by atoms with Gasteiger partial charge in [-0.1, -0.05) is 0 Å². The molecule has 2 aromatic heterocycles. The number of nitrogens with zero attached hydrogens (tertiary/aromatic N) is 6. The Morgan fingerprint density at radius 3 is 2.78 bits per heavy atom. The van der Waals surface area contributed by atoms with Crippen molar-refractivity contribution in [2.45, 2.75) is 48.7 Å². The molecule has 1 saturated heterocycles. The van der Waals surface area contributed by atoms with E-state index in [4.69, 9.17) is 10.7 Å². The van der Waals surface area contributed by atoms with E-state index in [2.05, 4.69) is 16.0 Å². The molecule has 1 fully saturated rings. The van der Waals surface area contributed by atoms with Gasteiger partial charge >= 0.3 is 0 Å². The highest BCUT2D eigenvalue weighted by atomic mass is 32.2. The third-order valence-corrected chi connectivity index (χ3v) is 9.34. The highest BCUT2D eigenvalue weighted by Crippen LogP contribution is 2.40. The molecule has 2 N–H and O–H groups in total. The van der Waals surface area contributed by atoms with Gasteiger partial charge in [-0.15, -0.1) is 0 Å². The molecule has 1 aromatic carbocycles. The molecule has 1 aliphatic carbocycles. The number of hydrogen-bond donors (Lipinski definition) is 1. The van der Waals surface area contributed by atoms with Crippen molar-refractivity contribution < 1.29 is 13.2 Å². The number of nitrogens with two attached hydrogens (primary N) is 1. The van der Waals surface area contributed by atoms with Crippen LogP contribution in [0.15, 0.2) is 28.5 Å². The number of aryl methyl sites for hydroxylation is 2. The van der Waals surface area contributed by atoms with Gasteiger partial charge < -0.3 is 15.2 Å². The van der Waals surface area contributed by atoms with Gasteiger partial charge in [-0.3, -0.25) is 4.79 Å². The molecule has 10 nitrogen and oxygen atoms in total. The fourth-order valence-corrected chi connectivity index (χ4v) is 7.17. The zero-order chi connectivity index (χ0) is 25.6. The molecule has 0 amide bonds. The average Bonchev–Trinajstić information content (AvgIpc) is 3.37. The summed E-state index contributed by atoms with van der Waals surface area (Å²) in [5.74, 6) is 0.741. The molecule has 3 aromatic rings. The monoisotopic (exact) mass is 529 g/mol. The third-order valence-electron chi connectivity index (χ3n) is 7.03. The lowest BCUT2D eigenvalue weighted by Gasteiger charge is -2.31. The Hall–Kier alpha value is -2.70. The van der Waals surface area contributed by atoms with Gasteiger partial charge in [-0.05, 0) is 61.1 Å². The maximum absolute atomic E-state index is 12.5. The smallest absolute Gasteiger partial charge is 0.211 e. The number of benzene rings is 1. The minimum Gasteiger partial charge on any atom is -0.382 e. The molecule has 192 valence electrons. The van der Waals surface area contributed by atoms with Crippen LogP contribution in [0.3, 0.4) is 0 Å². The summed E-state index contributed by atoms with van der Waals surface area (Å²) in [6, 6.07) is 4.08. The normalized spacial score (nSPS) is 18.6. The Bertz CT molecular complexity index is 1440. The maximum Gasteiger partial charge on any atom is 0.211 e. The van der Waals surface area contributed by atoms with Crippen molar-refractivity contribution in [3.63, 3.8) is 0 Å². The van der Waals surface area contributed by atoms with Gasteiger partial charge in [-0.2, -0.15) is 0 Å². The van der Waals surface area contributed by atoms with E-state index in [9.17, 15) is 13.2 Å². The average molecular weight is 530 g/mol. The number of hydrogen-bond acceptors (Lipinski definition) is 9. The Balaban J connectivity index is 1.48. The molecule has 36 heavy (non-hydrogen) atoms. The number of piperidine rings is 1. The number of carbonyl (C=O) groups excluding carboxylic acids is 1. The number of nitrogen functional groups attached to an aromatic ring is 1. The third kappa shape index (κ3) is 4.81. The van der Waals surface area contributed by atoms with Crippen molar-refractivity contribution in [3.05, 3.63) is 29.6 Å². The second kappa shape index (κ2) is 9.64. The zero-order valence-electron chi connectivity index (χ0n) is 20.8. The molecule has 0 bridgehead atoms. The van der Waals surface area contributed by atoms with Crippen LogP contribution in [0.5, 0.6) is 0 Å². The second-order valence-electron chi connectivity index (χ2n) is 9.79. The zero-order valence-corrected chi connectivity index (χ0v) is 22.4. The summed E-state index contributed by atoms with van der Waals surface area (Å²) in [7, 11) is 0.781. The predicted molar refractivity (Wildman–Crippen MR) is 141 cm³/mol.